The molecule has 2 heterocycles. The van der Waals surface area contributed by atoms with Crippen molar-refractivity contribution in [3.05, 3.63) is 82.4 Å². The van der Waals surface area contributed by atoms with Crippen LogP contribution < -0.4 is 19.5 Å². The zero-order valence-electron chi connectivity index (χ0n) is 25.8. The zero-order chi connectivity index (χ0) is 30.8. The van der Waals surface area contributed by atoms with Crippen molar-refractivity contribution in [2.24, 2.45) is 11.8 Å². The van der Waals surface area contributed by atoms with Gasteiger partial charge >= 0.3 is 5.97 Å². The summed E-state index contributed by atoms with van der Waals surface area (Å²) in [5, 5.41) is 13.9. The number of carbonyl (C=O) groups is 2. The second-order valence-electron chi connectivity index (χ2n) is 12.3. The summed E-state index contributed by atoms with van der Waals surface area (Å²) in [6.45, 7) is 8.37. The van der Waals surface area contributed by atoms with Crippen LogP contribution in [0.4, 0.5) is 5.69 Å². The zero-order valence-corrected chi connectivity index (χ0v) is 25.8. The number of carbonyl (C=O) groups excluding carboxylic acids is 1. The normalized spacial score (nSPS) is 21.2. The number of aliphatic carboxylic acids is 1. The van der Waals surface area contributed by atoms with Crippen LogP contribution in [0, 0.1) is 18.8 Å². The lowest BCUT2D eigenvalue weighted by Crippen LogP contribution is -2.35. The molecule has 1 saturated carbocycles. The van der Waals surface area contributed by atoms with Gasteiger partial charge in [0.15, 0.2) is 11.5 Å². The van der Waals surface area contributed by atoms with Crippen LogP contribution in [0.3, 0.4) is 0 Å². The maximum Gasteiger partial charge on any atom is 0.309 e. The standard InChI is InChI=1S/C36H42N2O6/c1-4-24-16-22(3)17-25(5-2)34(24)37-32(39)20-38-19-29(27-10-13-30-31(18-27)43-15-14-42-30)33(36(40)41)35(38)26-8-11-28(12-9-26)44-21-23-6-7-23/h8-13,16-18,23,29,33,35H,4-7,14-15,19-21H2,1-3H3,(H,37,39)(H,40,41)/t29-,33?,35+/m1/s1. The number of nitrogens with one attached hydrogen (secondary N) is 1. The van der Waals surface area contributed by atoms with Crippen molar-refractivity contribution in [3.63, 3.8) is 0 Å². The average molecular weight is 599 g/mol. The van der Waals surface area contributed by atoms with Crippen LogP contribution >= 0.6 is 0 Å². The molecule has 232 valence electrons. The van der Waals surface area contributed by atoms with Gasteiger partial charge in [0.2, 0.25) is 5.91 Å². The molecule has 3 aliphatic rings. The Bertz CT molecular complexity index is 1490. The lowest BCUT2D eigenvalue weighted by molar-refractivity contribution is -0.143. The first-order chi connectivity index (χ1) is 21.3. The van der Waals surface area contributed by atoms with E-state index in [1.165, 1.54) is 18.4 Å². The van der Waals surface area contributed by atoms with Crippen LogP contribution in [0.15, 0.2) is 54.6 Å². The molecule has 1 unspecified atom stereocenters. The van der Waals surface area contributed by atoms with Gasteiger partial charge in [0.1, 0.15) is 19.0 Å². The molecule has 2 N–H and O–H groups in total. The smallest absolute Gasteiger partial charge is 0.309 e. The van der Waals surface area contributed by atoms with Crippen molar-refractivity contribution < 1.29 is 28.9 Å². The molecule has 1 amide bonds. The molecular weight excluding hydrogens is 556 g/mol. The van der Waals surface area contributed by atoms with Gasteiger partial charge in [-0.3, -0.25) is 14.5 Å². The molecule has 3 aromatic rings. The first-order valence-corrected chi connectivity index (χ1v) is 15.9. The summed E-state index contributed by atoms with van der Waals surface area (Å²) in [7, 11) is 0. The van der Waals surface area contributed by atoms with Crippen LogP contribution in [-0.2, 0) is 22.4 Å². The number of aryl methyl sites for hydroxylation is 3. The predicted molar refractivity (Wildman–Crippen MR) is 169 cm³/mol. The third-order valence-electron chi connectivity index (χ3n) is 9.10. The summed E-state index contributed by atoms with van der Waals surface area (Å²) in [4.78, 5) is 28.8. The topological polar surface area (TPSA) is 97.3 Å². The fourth-order valence-electron chi connectivity index (χ4n) is 6.70. The highest BCUT2D eigenvalue weighted by Gasteiger charge is 2.48. The number of carboxylic acid groups (broad SMARTS) is 1. The number of hydrogen-bond donors (Lipinski definition) is 2. The van der Waals surface area contributed by atoms with Crippen molar-refractivity contribution in [2.45, 2.75) is 58.4 Å². The van der Waals surface area contributed by atoms with Crippen LogP contribution in [0.1, 0.15) is 66.5 Å². The summed E-state index contributed by atoms with van der Waals surface area (Å²) >= 11 is 0. The molecule has 3 aromatic carbocycles. The third kappa shape index (κ3) is 6.41. The molecule has 8 nitrogen and oxygen atoms in total. The lowest BCUT2D eigenvalue weighted by atomic mass is 9.82. The summed E-state index contributed by atoms with van der Waals surface area (Å²) in [6, 6.07) is 17.2. The molecule has 0 spiro atoms. The molecule has 3 atom stereocenters. The van der Waals surface area contributed by atoms with E-state index in [1.807, 2.05) is 47.4 Å². The van der Waals surface area contributed by atoms with Crippen LogP contribution in [0.5, 0.6) is 17.2 Å². The predicted octanol–water partition coefficient (Wildman–Crippen LogP) is 6.16. The maximum atomic E-state index is 13.7. The van der Waals surface area contributed by atoms with E-state index in [2.05, 4.69) is 38.2 Å². The Morgan fingerprint density at radius 3 is 2.23 bits per heavy atom. The SMILES string of the molecule is CCc1cc(C)cc(CC)c1NC(=O)CN1C[C@H](c2ccc3c(c2)OCCO3)C(C(=O)O)[C@@H]1c1ccc(OCC2CC2)cc1. The highest BCUT2D eigenvalue weighted by atomic mass is 16.6. The number of anilines is 1. The molecule has 2 aliphatic heterocycles. The van der Waals surface area contributed by atoms with Crippen molar-refractivity contribution in [1.82, 2.24) is 4.90 Å². The van der Waals surface area contributed by atoms with E-state index in [0.29, 0.717) is 43.8 Å². The largest absolute Gasteiger partial charge is 0.493 e. The van der Waals surface area contributed by atoms with Crippen molar-refractivity contribution in [2.75, 3.05) is 38.2 Å². The van der Waals surface area contributed by atoms with Crippen LogP contribution in [0.25, 0.3) is 0 Å². The summed E-state index contributed by atoms with van der Waals surface area (Å²) in [5.74, 6) is 0.515. The highest BCUT2D eigenvalue weighted by Crippen LogP contribution is 2.47. The first kappa shape index (κ1) is 30.0. The van der Waals surface area contributed by atoms with Crippen molar-refractivity contribution in [1.29, 1.82) is 0 Å². The number of likely N-dealkylation sites (tertiary alicyclic amines) is 1. The summed E-state index contributed by atoms with van der Waals surface area (Å²) in [5.41, 5.74) is 5.96. The summed E-state index contributed by atoms with van der Waals surface area (Å²) < 4.78 is 17.5. The number of fused-ring (bicyclic) bond motifs is 1. The second kappa shape index (κ2) is 12.9. The van der Waals surface area contributed by atoms with E-state index in [9.17, 15) is 14.7 Å². The van der Waals surface area contributed by atoms with Gasteiger partial charge in [0.05, 0.1) is 19.1 Å². The van der Waals surface area contributed by atoms with Crippen molar-refractivity contribution in [3.8, 4) is 17.2 Å². The van der Waals surface area contributed by atoms with E-state index in [-0.39, 0.29) is 18.4 Å². The number of carboxylic acids is 1. The van der Waals surface area contributed by atoms with Gasteiger partial charge in [-0.05, 0) is 85.0 Å². The second-order valence-corrected chi connectivity index (χ2v) is 12.3. The van der Waals surface area contributed by atoms with Gasteiger partial charge in [-0.1, -0.05) is 49.7 Å². The molecule has 2 fully saturated rings. The van der Waals surface area contributed by atoms with Gasteiger partial charge in [-0.25, -0.2) is 0 Å². The lowest BCUT2D eigenvalue weighted by Gasteiger charge is -2.27. The molecule has 8 heteroatoms. The minimum atomic E-state index is -0.896. The Kier molecular flexibility index (Phi) is 8.80. The number of amides is 1. The van der Waals surface area contributed by atoms with Gasteiger partial charge in [-0.2, -0.15) is 0 Å². The molecule has 1 aliphatic carbocycles. The molecule has 0 bridgehead atoms. The molecule has 44 heavy (non-hydrogen) atoms. The van der Waals surface area contributed by atoms with E-state index in [0.717, 1.165) is 46.5 Å². The Balaban J connectivity index is 1.31. The Morgan fingerprint density at radius 1 is 0.932 bits per heavy atom. The molecule has 6 rings (SSSR count). The van der Waals surface area contributed by atoms with E-state index in [1.54, 1.807) is 0 Å². The van der Waals surface area contributed by atoms with E-state index < -0.39 is 17.9 Å². The highest BCUT2D eigenvalue weighted by molar-refractivity contribution is 5.94. The van der Waals surface area contributed by atoms with Crippen LogP contribution in [-0.4, -0.2) is 54.8 Å². The van der Waals surface area contributed by atoms with E-state index >= 15 is 0 Å². The number of rotatable bonds is 11. The minimum Gasteiger partial charge on any atom is -0.493 e. The molecule has 0 radical (unpaired) electrons. The number of hydrogen-bond acceptors (Lipinski definition) is 6. The average Bonchev–Trinajstić information content (AvgIpc) is 3.79. The molecule has 0 aromatic heterocycles. The Labute approximate surface area is 259 Å². The van der Waals surface area contributed by atoms with E-state index in [4.69, 9.17) is 14.2 Å². The van der Waals surface area contributed by atoms with Crippen LogP contribution in [0.2, 0.25) is 0 Å². The molecular formula is C36H42N2O6. The number of nitrogens with zero attached hydrogens (tertiary/aromatic N) is 1. The monoisotopic (exact) mass is 598 g/mol. The fourth-order valence-corrected chi connectivity index (χ4v) is 6.70. The maximum absolute atomic E-state index is 13.7. The van der Waals surface area contributed by atoms with Gasteiger partial charge in [0.25, 0.3) is 0 Å². The van der Waals surface area contributed by atoms with Gasteiger partial charge in [-0.15, -0.1) is 0 Å². The first-order valence-electron chi connectivity index (χ1n) is 15.9. The quantitative estimate of drug-likeness (QED) is 0.273. The Morgan fingerprint density at radius 2 is 1.59 bits per heavy atom. The number of benzene rings is 3. The van der Waals surface area contributed by atoms with Gasteiger partial charge in [0, 0.05) is 24.2 Å². The Hall–Kier alpha value is -4.04. The molecule has 1 saturated heterocycles. The minimum absolute atomic E-state index is 0.0651. The summed E-state index contributed by atoms with van der Waals surface area (Å²) in [6.07, 6.45) is 4.03. The van der Waals surface area contributed by atoms with Crippen molar-refractivity contribution >= 4 is 17.6 Å². The number of ether oxygens (including phenoxy) is 3. The third-order valence-corrected chi connectivity index (χ3v) is 9.10. The van der Waals surface area contributed by atoms with Gasteiger partial charge < -0.3 is 24.6 Å². The fraction of sp³-hybridized carbons (Fsp3) is 0.444.